The van der Waals surface area contributed by atoms with Crippen LogP contribution >= 0.6 is 11.8 Å². The third-order valence-electron chi connectivity index (χ3n) is 3.51. The van der Waals surface area contributed by atoms with Gasteiger partial charge in [-0.15, -0.1) is 11.8 Å². The van der Waals surface area contributed by atoms with Crippen molar-refractivity contribution in [2.24, 2.45) is 5.92 Å². The fourth-order valence-corrected chi connectivity index (χ4v) is 3.02. The summed E-state index contributed by atoms with van der Waals surface area (Å²) in [6.45, 7) is 4.90. The molecule has 1 fully saturated rings. The van der Waals surface area contributed by atoms with Crippen molar-refractivity contribution in [1.82, 2.24) is 10.2 Å². The summed E-state index contributed by atoms with van der Waals surface area (Å²) in [6, 6.07) is -0.163. The Balaban J connectivity index is 2.66. The van der Waals surface area contributed by atoms with Crippen molar-refractivity contribution >= 4 is 23.6 Å². The van der Waals surface area contributed by atoms with E-state index in [2.05, 4.69) is 23.9 Å². The molecule has 0 aromatic heterocycles. The van der Waals surface area contributed by atoms with Crippen LogP contribution in [0.2, 0.25) is 0 Å². The van der Waals surface area contributed by atoms with Crippen molar-refractivity contribution in [3.8, 4) is 0 Å². The van der Waals surface area contributed by atoms with E-state index in [0.29, 0.717) is 12.5 Å². The Kier molecular flexibility index (Phi) is 7.23. The average molecular weight is 288 g/mol. The van der Waals surface area contributed by atoms with Crippen LogP contribution in [0.1, 0.15) is 26.7 Å². The molecule has 1 unspecified atom stereocenters. The maximum atomic E-state index is 12.4. The van der Waals surface area contributed by atoms with Gasteiger partial charge in [-0.3, -0.25) is 14.9 Å². The number of hydrogen-bond acceptors (Lipinski definition) is 5. The Labute approximate surface area is 119 Å². The number of ether oxygens (including phenoxy) is 1. The lowest BCUT2D eigenvalue weighted by Crippen LogP contribution is -2.48. The zero-order valence-electron chi connectivity index (χ0n) is 12.0. The normalized spacial score (nSPS) is 18.6. The summed E-state index contributed by atoms with van der Waals surface area (Å²) in [4.78, 5) is 25.5. The number of nitrogens with zero attached hydrogens (tertiary/aromatic N) is 1. The van der Waals surface area contributed by atoms with E-state index in [1.807, 2.05) is 0 Å². The second-order valence-electron chi connectivity index (χ2n) is 4.75. The van der Waals surface area contributed by atoms with Gasteiger partial charge in [-0.25, -0.2) is 0 Å². The van der Waals surface area contributed by atoms with Crippen molar-refractivity contribution in [3.05, 3.63) is 0 Å². The second-order valence-corrected chi connectivity index (χ2v) is 5.78. The van der Waals surface area contributed by atoms with Crippen LogP contribution in [0.25, 0.3) is 0 Å². The molecule has 1 saturated heterocycles. The zero-order valence-corrected chi connectivity index (χ0v) is 12.8. The number of methoxy groups -OCH3 is 1. The summed E-state index contributed by atoms with van der Waals surface area (Å²) < 4.78 is 4.68. The number of nitrogens with one attached hydrogen (secondary N) is 1. The predicted octanol–water partition coefficient (Wildman–Crippen LogP) is 1.09. The molecular formula is C13H24N2O3S. The highest BCUT2D eigenvalue weighted by atomic mass is 32.2. The van der Waals surface area contributed by atoms with Crippen molar-refractivity contribution < 1.29 is 14.3 Å². The first kappa shape index (κ1) is 16.3. The molecule has 0 radical (unpaired) electrons. The van der Waals surface area contributed by atoms with Gasteiger partial charge in [-0.1, -0.05) is 26.7 Å². The summed E-state index contributed by atoms with van der Waals surface area (Å²) in [5.41, 5.74) is 0. The van der Waals surface area contributed by atoms with E-state index in [1.165, 1.54) is 7.11 Å². The third kappa shape index (κ3) is 5.03. The van der Waals surface area contributed by atoms with Gasteiger partial charge in [0.1, 0.15) is 6.54 Å². The number of thioether (sulfide) groups is 1. The smallest absolute Gasteiger partial charge is 0.325 e. The number of carbonyl (C=O) groups excluding carboxylic acids is 2. The summed E-state index contributed by atoms with van der Waals surface area (Å²) in [7, 11) is 1.35. The monoisotopic (exact) mass is 288 g/mol. The maximum absolute atomic E-state index is 12.4. The Hall–Kier alpha value is -0.750. The fourth-order valence-electron chi connectivity index (χ4n) is 2.09. The molecule has 1 aliphatic heterocycles. The lowest BCUT2D eigenvalue weighted by molar-refractivity contribution is -0.147. The van der Waals surface area contributed by atoms with Gasteiger partial charge in [-0.05, 0) is 5.92 Å². The minimum absolute atomic E-state index is 0.0160. The molecule has 5 nitrogen and oxygen atoms in total. The molecule has 1 atom stereocenters. The molecule has 1 aliphatic rings. The molecule has 1 N–H and O–H groups in total. The maximum Gasteiger partial charge on any atom is 0.325 e. The molecule has 0 aromatic rings. The number of carbonyl (C=O) groups is 2. The van der Waals surface area contributed by atoms with Gasteiger partial charge in [-0.2, -0.15) is 0 Å². The number of esters is 1. The van der Waals surface area contributed by atoms with Crippen LogP contribution in [0.5, 0.6) is 0 Å². The lowest BCUT2D eigenvalue weighted by atomic mass is 10.0. The Morgan fingerprint density at radius 3 is 2.58 bits per heavy atom. The number of hydrogen-bond donors (Lipinski definition) is 1. The van der Waals surface area contributed by atoms with Crippen LogP contribution in [0, 0.1) is 5.92 Å². The van der Waals surface area contributed by atoms with Crippen molar-refractivity contribution in [2.75, 3.05) is 31.8 Å². The zero-order chi connectivity index (χ0) is 14.3. The van der Waals surface area contributed by atoms with E-state index < -0.39 is 0 Å². The van der Waals surface area contributed by atoms with Crippen LogP contribution in [0.4, 0.5) is 0 Å². The van der Waals surface area contributed by atoms with Gasteiger partial charge in [0.05, 0.1) is 13.2 Å². The molecule has 0 bridgehead atoms. The van der Waals surface area contributed by atoms with Crippen LogP contribution in [0.3, 0.4) is 0 Å². The lowest BCUT2D eigenvalue weighted by Gasteiger charge is -2.27. The van der Waals surface area contributed by atoms with Crippen molar-refractivity contribution in [1.29, 1.82) is 0 Å². The summed E-state index contributed by atoms with van der Waals surface area (Å²) in [5.74, 6) is 1.67. The van der Waals surface area contributed by atoms with Gasteiger partial charge < -0.3 is 9.64 Å². The average Bonchev–Trinajstić information content (AvgIpc) is 2.96. The summed E-state index contributed by atoms with van der Waals surface area (Å²) in [6.07, 6.45) is 2.02. The van der Waals surface area contributed by atoms with Crippen molar-refractivity contribution in [3.63, 3.8) is 0 Å². The Bertz CT molecular complexity index is 302. The Morgan fingerprint density at radius 2 is 2.11 bits per heavy atom. The van der Waals surface area contributed by atoms with E-state index >= 15 is 0 Å². The van der Waals surface area contributed by atoms with E-state index in [1.54, 1.807) is 16.7 Å². The minimum Gasteiger partial charge on any atom is -0.468 e. The van der Waals surface area contributed by atoms with E-state index in [4.69, 9.17) is 0 Å². The van der Waals surface area contributed by atoms with Crippen LogP contribution < -0.4 is 5.32 Å². The standard InChI is InChI=1S/C13H24N2O3S/c1-4-10(5-2)6-15(7-12(16)18-3)13(17)11-8-19-9-14-11/h10-11,14H,4-9H2,1-3H3. The SMILES string of the molecule is CCC(CC)CN(CC(=O)OC)C(=O)C1CSCN1. The highest BCUT2D eigenvalue weighted by Crippen LogP contribution is 2.15. The van der Waals surface area contributed by atoms with Gasteiger partial charge in [0.2, 0.25) is 5.91 Å². The predicted molar refractivity (Wildman–Crippen MR) is 76.9 cm³/mol. The first-order valence-corrected chi connectivity index (χ1v) is 7.94. The molecule has 6 heteroatoms. The molecule has 1 rings (SSSR count). The molecule has 0 aromatic carbocycles. The molecule has 0 spiro atoms. The van der Waals surface area contributed by atoms with Gasteiger partial charge in [0.15, 0.2) is 0 Å². The number of rotatable bonds is 7. The number of amides is 1. The highest BCUT2D eigenvalue weighted by Gasteiger charge is 2.29. The van der Waals surface area contributed by atoms with E-state index in [9.17, 15) is 9.59 Å². The van der Waals surface area contributed by atoms with Gasteiger partial charge in [0.25, 0.3) is 0 Å². The van der Waals surface area contributed by atoms with Crippen LogP contribution in [-0.2, 0) is 14.3 Å². The first-order valence-electron chi connectivity index (χ1n) is 6.79. The Morgan fingerprint density at radius 1 is 1.42 bits per heavy atom. The molecular weight excluding hydrogens is 264 g/mol. The third-order valence-corrected chi connectivity index (χ3v) is 4.45. The summed E-state index contributed by atoms with van der Waals surface area (Å²) >= 11 is 1.71. The van der Waals surface area contributed by atoms with Gasteiger partial charge in [0, 0.05) is 18.2 Å². The van der Waals surface area contributed by atoms with E-state index in [-0.39, 0.29) is 24.5 Å². The molecule has 0 saturated carbocycles. The topological polar surface area (TPSA) is 58.6 Å². The molecule has 19 heavy (non-hydrogen) atoms. The minimum atomic E-state index is -0.357. The molecule has 0 aliphatic carbocycles. The largest absolute Gasteiger partial charge is 0.468 e. The summed E-state index contributed by atoms with van der Waals surface area (Å²) in [5, 5.41) is 3.16. The molecule has 1 amide bonds. The second kappa shape index (κ2) is 8.43. The molecule has 1 heterocycles. The van der Waals surface area contributed by atoms with Crippen LogP contribution in [-0.4, -0.2) is 54.6 Å². The fraction of sp³-hybridized carbons (Fsp3) is 0.846. The van der Waals surface area contributed by atoms with E-state index in [0.717, 1.165) is 24.5 Å². The quantitative estimate of drug-likeness (QED) is 0.711. The first-order chi connectivity index (χ1) is 9.12. The van der Waals surface area contributed by atoms with Crippen LogP contribution in [0.15, 0.2) is 0 Å². The highest BCUT2D eigenvalue weighted by molar-refractivity contribution is 7.99. The van der Waals surface area contributed by atoms with Gasteiger partial charge >= 0.3 is 5.97 Å². The van der Waals surface area contributed by atoms with Crippen molar-refractivity contribution in [2.45, 2.75) is 32.7 Å². The molecule has 110 valence electrons.